The highest BCUT2D eigenvalue weighted by Gasteiger charge is 2.14. The molecule has 0 radical (unpaired) electrons. The van der Waals surface area contributed by atoms with Gasteiger partial charge in [-0.15, -0.1) is 0 Å². The predicted molar refractivity (Wildman–Crippen MR) is 55.3 cm³/mol. The van der Waals surface area contributed by atoms with Crippen molar-refractivity contribution in [3.8, 4) is 0 Å². The molecule has 2 nitrogen and oxygen atoms in total. The maximum atomic E-state index is 12.9. The van der Waals surface area contributed by atoms with Gasteiger partial charge in [-0.3, -0.25) is 4.79 Å². The van der Waals surface area contributed by atoms with E-state index in [2.05, 4.69) is 4.98 Å². The number of hydrogen-bond donors (Lipinski definition) is 1. The second-order valence-electron chi connectivity index (χ2n) is 3.49. The smallest absolute Gasteiger partial charge is 0.194 e. The van der Waals surface area contributed by atoms with Crippen LogP contribution in [0, 0.1) is 18.7 Å². The molecule has 0 aliphatic rings. The average Bonchev–Trinajstić information content (AvgIpc) is 2.58. The lowest BCUT2D eigenvalue weighted by molar-refractivity contribution is 0.103. The molecule has 1 aromatic carbocycles. The van der Waals surface area contributed by atoms with Gasteiger partial charge in [0.25, 0.3) is 0 Å². The van der Waals surface area contributed by atoms with Gasteiger partial charge in [-0.1, -0.05) is 0 Å². The third-order valence-corrected chi connectivity index (χ3v) is 2.33. The number of H-pyrrole nitrogens is 1. The van der Waals surface area contributed by atoms with Crippen LogP contribution in [-0.2, 0) is 0 Å². The minimum Gasteiger partial charge on any atom is -0.335 e. The van der Waals surface area contributed by atoms with Crippen molar-refractivity contribution in [2.75, 3.05) is 0 Å². The topological polar surface area (TPSA) is 32.9 Å². The van der Waals surface area contributed by atoms with Crippen molar-refractivity contribution in [3.63, 3.8) is 0 Å². The van der Waals surface area contributed by atoms with E-state index in [4.69, 9.17) is 0 Å². The van der Waals surface area contributed by atoms with Crippen LogP contribution in [-0.4, -0.2) is 10.8 Å². The number of benzene rings is 1. The molecule has 1 heterocycles. The van der Waals surface area contributed by atoms with Crippen molar-refractivity contribution >= 4 is 5.78 Å². The van der Waals surface area contributed by atoms with E-state index in [9.17, 15) is 13.6 Å². The first-order valence-electron chi connectivity index (χ1n) is 4.73. The van der Waals surface area contributed by atoms with Crippen LogP contribution >= 0.6 is 0 Å². The summed E-state index contributed by atoms with van der Waals surface area (Å²) in [6, 6.07) is 6.29. The molecule has 0 spiro atoms. The van der Waals surface area contributed by atoms with Crippen molar-refractivity contribution in [1.82, 2.24) is 4.98 Å². The number of nitrogens with one attached hydrogen (secondary N) is 1. The van der Waals surface area contributed by atoms with E-state index < -0.39 is 11.8 Å². The third-order valence-electron chi connectivity index (χ3n) is 2.33. The van der Waals surface area contributed by atoms with Gasteiger partial charge in [-0.25, -0.2) is 4.39 Å². The number of rotatable bonds is 2. The van der Waals surface area contributed by atoms with Crippen molar-refractivity contribution in [3.05, 3.63) is 58.9 Å². The summed E-state index contributed by atoms with van der Waals surface area (Å²) < 4.78 is 25.5. The molecule has 0 unspecified atom stereocenters. The number of carbonyl (C=O) groups excluding carboxylic acids is 1. The molecule has 1 N–H and O–H groups in total. The Labute approximate surface area is 90.9 Å². The lowest BCUT2D eigenvalue weighted by atomic mass is 10.0. The van der Waals surface area contributed by atoms with Gasteiger partial charge in [0.2, 0.25) is 0 Å². The molecule has 0 aliphatic heterocycles. The fourth-order valence-corrected chi connectivity index (χ4v) is 1.51. The molecule has 0 fully saturated rings. The number of ketones is 1. The molecule has 4 heteroatoms. The van der Waals surface area contributed by atoms with Gasteiger partial charge < -0.3 is 4.98 Å². The number of hydrogen-bond acceptors (Lipinski definition) is 1. The molecule has 0 bridgehead atoms. The van der Waals surface area contributed by atoms with Gasteiger partial charge in [0.15, 0.2) is 11.7 Å². The molecule has 0 saturated carbocycles. The van der Waals surface area contributed by atoms with E-state index >= 15 is 0 Å². The zero-order valence-corrected chi connectivity index (χ0v) is 8.55. The third kappa shape index (κ3) is 1.86. The number of aromatic amines is 1. The SMILES string of the molecule is Cc1[nH]c(F)cc1C(=O)c1ccc(F)cc1. The maximum Gasteiger partial charge on any atom is 0.194 e. The highest BCUT2D eigenvalue weighted by Crippen LogP contribution is 2.15. The maximum absolute atomic E-state index is 12.9. The fourth-order valence-electron chi connectivity index (χ4n) is 1.51. The summed E-state index contributed by atoms with van der Waals surface area (Å²) in [5, 5.41) is 0. The molecule has 0 aliphatic carbocycles. The zero-order chi connectivity index (χ0) is 11.7. The summed E-state index contributed by atoms with van der Waals surface area (Å²) in [4.78, 5) is 14.3. The van der Waals surface area contributed by atoms with E-state index in [1.807, 2.05) is 0 Å². The molecule has 1 aromatic heterocycles. The molecule has 16 heavy (non-hydrogen) atoms. The van der Waals surface area contributed by atoms with Crippen LogP contribution in [0.1, 0.15) is 21.6 Å². The first kappa shape index (κ1) is 10.5. The summed E-state index contributed by atoms with van der Waals surface area (Å²) in [5.74, 6) is -1.28. The van der Waals surface area contributed by atoms with E-state index in [0.717, 1.165) is 6.07 Å². The highest BCUT2D eigenvalue weighted by molar-refractivity contribution is 6.09. The molecule has 2 aromatic rings. The Morgan fingerprint density at radius 1 is 1.19 bits per heavy atom. The summed E-state index contributed by atoms with van der Waals surface area (Å²) in [7, 11) is 0. The van der Waals surface area contributed by atoms with Gasteiger partial charge in [-0.2, -0.15) is 4.39 Å². The van der Waals surface area contributed by atoms with Crippen LogP contribution in [0.2, 0.25) is 0 Å². The Hall–Kier alpha value is -1.97. The summed E-state index contributed by atoms with van der Waals surface area (Å²) in [5.41, 5.74) is 1.07. The Morgan fingerprint density at radius 3 is 2.31 bits per heavy atom. The fraction of sp³-hybridized carbons (Fsp3) is 0.0833. The molecule has 0 amide bonds. The Bertz CT molecular complexity index is 528. The number of carbonyl (C=O) groups is 1. The molecular formula is C12H9F2NO. The minimum atomic E-state index is -0.553. The Kier molecular flexibility index (Phi) is 2.56. The van der Waals surface area contributed by atoms with Crippen LogP contribution in [0.3, 0.4) is 0 Å². The number of aryl methyl sites for hydroxylation is 1. The summed E-state index contributed by atoms with van der Waals surface area (Å²) in [6.45, 7) is 1.61. The molecule has 2 rings (SSSR count). The van der Waals surface area contributed by atoms with Gasteiger partial charge >= 0.3 is 0 Å². The van der Waals surface area contributed by atoms with Crippen molar-refractivity contribution in [2.45, 2.75) is 6.92 Å². The quantitative estimate of drug-likeness (QED) is 0.777. The molecular weight excluding hydrogens is 212 g/mol. The molecule has 82 valence electrons. The van der Waals surface area contributed by atoms with Crippen molar-refractivity contribution < 1.29 is 13.6 Å². The first-order chi connectivity index (χ1) is 7.58. The second-order valence-corrected chi connectivity index (χ2v) is 3.49. The molecule has 0 saturated heterocycles. The van der Waals surface area contributed by atoms with Crippen LogP contribution in [0.4, 0.5) is 8.78 Å². The first-order valence-corrected chi connectivity index (χ1v) is 4.73. The average molecular weight is 221 g/mol. The van der Waals surface area contributed by atoms with Crippen molar-refractivity contribution in [2.24, 2.45) is 0 Å². The van der Waals surface area contributed by atoms with E-state index in [0.29, 0.717) is 11.3 Å². The monoisotopic (exact) mass is 221 g/mol. The summed E-state index contributed by atoms with van der Waals surface area (Å²) in [6.07, 6.45) is 0. The van der Waals surface area contributed by atoms with Crippen LogP contribution < -0.4 is 0 Å². The van der Waals surface area contributed by atoms with Crippen LogP contribution in [0.25, 0.3) is 0 Å². The number of halogens is 2. The van der Waals surface area contributed by atoms with Crippen molar-refractivity contribution in [1.29, 1.82) is 0 Å². The lowest BCUT2D eigenvalue weighted by Crippen LogP contribution is -2.01. The van der Waals surface area contributed by atoms with Crippen LogP contribution in [0.15, 0.2) is 30.3 Å². The predicted octanol–water partition coefficient (Wildman–Crippen LogP) is 2.83. The Balaban J connectivity index is 2.39. The van der Waals surface area contributed by atoms with E-state index in [-0.39, 0.29) is 11.3 Å². The van der Waals surface area contributed by atoms with Gasteiger partial charge in [-0.05, 0) is 31.2 Å². The number of aromatic nitrogens is 1. The standard InChI is InChI=1S/C12H9F2NO/c1-7-10(6-11(14)15-7)12(16)8-2-4-9(13)5-3-8/h2-6,15H,1H3. The van der Waals surface area contributed by atoms with Crippen LogP contribution in [0.5, 0.6) is 0 Å². The van der Waals surface area contributed by atoms with E-state index in [1.54, 1.807) is 6.92 Å². The Morgan fingerprint density at radius 2 is 1.81 bits per heavy atom. The minimum absolute atomic E-state index is 0.268. The zero-order valence-electron chi connectivity index (χ0n) is 8.55. The van der Waals surface area contributed by atoms with E-state index in [1.165, 1.54) is 24.3 Å². The lowest BCUT2D eigenvalue weighted by Gasteiger charge is -1.99. The van der Waals surface area contributed by atoms with Gasteiger partial charge in [0, 0.05) is 22.9 Å². The largest absolute Gasteiger partial charge is 0.335 e. The second kappa shape index (κ2) is 3.89. The summed E-state index contributed by atoms with van der Waals surface area (Å²) >= 11 is 0. The van der Waals surface area contributed by atoms with Gasteiger partial charge in [0.05, 0.1) is 0 Å². The normalized spacial score (nSPS) is 10.4. The molecule has 0 atom stereocenters. The van der Waals surface area contributed by atoms with Gasteiger partial charge in [0.1, 0.15) is 5.82 Å². The highest BCUT2D eigenvalue weighted by atomic mass is 19.1.